The number of hydrogen-bond acceptors (Lipinski definition) is 3. The van der Waals surface area contributed by atoms with E-state index in [0.717, 1.165) is 0 Å². The summed E-state index contributed by atoms with van der Waals surface area (Å²) < 4.78 is 0. The van der Waals surface area contributed by atoms with Crippen LogP contribution < -0.4 is 5.73 Å². The van der Waals surface area contributed by atoms with Gasteiger partial charge in [-0.25, -0.2) is 0 Å². The zero-order valence-corrected chi connectivity index (χ0v) is 6.39. The molecule has 1 atom stereocenters. The van der Waals surface area contributed by atoms with Gasteiger partial charge in [-0.3, -0.25) is 0 Å². The van der Waals surface area contributed by atoms with E-state index < -0.39 is 5.60 Å². The van der Waals surface area contributed by atoms with Crippen molar-refractivity contribution in [1.29, 1.82) is 0 Å². The molecule has 0 aromatic rings. The van der Waals surface area contributed by atoms with E-state index in [1.165, 1.54) is 0 Å². The van der Waals surface area contributed by atoms with Crippen LogP contribution in [0.15, 0.2) is 0 Å². The minimum absolute atomic E-state index is 0.311. The van der Waals surface area contributed by atoms with E-state index >= 15 is 0 Å². The summed E-state index contributed by atoms with van der Waals surface area (Å²) >= 11 is 0. The first kappa shape index (κ1) is 8.88. The van der Waals surface area contributed by atoms with Crippen molar-refractivity contribution in [1.82, 2.24) is 4.90 Å². The van der Waals surface area contributed by atoms with Gasteiger partial charge in [0.15, 0.2) is 0 Å². The van der Waals surface area contributed by atoms with Gasteiger partial charge in [-0.1, -0.05) is 0 Å². The monoisotopic (exact) mass is 132 g/mol. The number of rotatable bonds is 3. The van der Waals surface area contributed by atoms with Gasteiger partial charge >= 0.3 is 0 Å². The highest BCUT2D eigenvalue weighted by Crippen LogP contribution is 1.99. The normalized spacial score (nSPS) is 18.0. The maximum atomic E-state index is 9.33. The first-order chi connectivity index (χ1) is 3.98. The van der Waals surface area contributed by atoms with E-state index in [4.69, 9.17) is 5.73 Å². The van der Waals surface area contributed by atoms with E-state index in [-0.39, 0.29) is 0 Å². The standard InChI is InChI=1S/C6H16N2O/c1-6(9,4-7)5-8(2)3/h9H,4-5,7H2,1-3H3/t6-/m0/s1. The second-order valence-corrected chi connectivity index (χ2v) is 2.94. The van der Waals surface area contributed by atoms with Crippen LogP contribution >= 0.6 is 0 Å². The van der Waals surface area contributed by atoms with Crippen LogP contribution in [0.5, 0.6) is 0 Å². The van der Waals surface area contributed by atoms with E-state index in [1.54, 1.807) is 6.92 Å². The van der Waals surface area contributed by atoms with Crippen molar-refractivity contribution in [2.75, 3.05) is 27.2 Å². The maximum absolute atomic E-state index is 9.33. The minimum atomic E-state index is -0.733. The summed E-state index contributed by atoms with van der Waals surface area (Å²) in [6.45, 7) is 2.65. The van der Waals surface area contributed by atoms with Gasteiger partial charge in [0, 0.05) is 13.1 Å². The molecule has 0 bridgehead atoms. The molecule has 0 spiro atoms. The Bertz CT molecular complexity index is 81.1. The first-order valence-corrected chi connectivity index (χ1v) is 3.05. The van der Waals surface area contributed by atoms with E-state index in [0.29, 0.717) is 13.1 Å². The third kappa shape index (κ3) is 4.39. The second kappa shape index (κ2) is 3.15. The van der Waals surface area contributed by atoms with Crippen molar-refractivity contribution in [2.45, 2.75) is 12.5 Å². The Labute approximate surface area is 56.5 Å². The molecule has 0 rings (SSSR count). The summed E-state index contributed by atoms with van der Waals surface area (Å²) in [5.41, 5.74) is 4.55. The molecule has 0 unspecified atom stereocenters. The van der Waals surface area contributed by atoms with E-state index in [1.807, 2.05) is 19.0 Å². The Morgan fingerprint density at radius 1 is 1.56 bits per heavy atom. The average molecular weight is 132 g/mol. The molecule has 0 heterocycles. The highest BCUT2D eigenvalue weighted by atomic mass is 16.3. The highest BCUT2D eigenvalue weighted by Gasteiger charge is 2.17. The summed E-state index contributed by atoms with van der Waals surface area (Å²) in [4.78, 5) is 1.91. The molecule has 56 valence electrons. The fraction of sp³-hybridized carbons (Fsp3) is 1.00. The molecule has 0 radical (unpaired) electrons. The van der Waals surface area contributed by atoms with Crippen molar-refractivity contribution in [3.63, 3.8) is 0 Å². The van der Waals surface area contributed by atoms with Gasteiger partial charge in [-0.2, -0.15) is 0 Å². The van der Waals surface area contributed by atoms with Crippen molar-refractivity contribution in [3.05, 3.63) is 0 Å². The molecule has 0 aromatic carbocycles. The lowest BCUT2D eigenvalue weighted by atomic mass is 10.1. The number of aliphatic hydroxyl groups is 1. The lowest BCUT2D eigenvalue weighted by Crippen LogP contribution is -2.43. The molecule has 0 aliphatic heterocycles. The summed E-state index contributed by atoms with van der Waals surface area (Å²) in [5, 5.41) is 9.33. The quantitative estimate of drug-likeness (QED) is 0.531. The Morgan fingerprint density at radius 2 is 2.00 bits per heavy atom. The lowest BCUT2D eigenvalue weighted by Gasteiger charge is -2.24. The van der Waals surface area contributed by atoms with Crippen molar-refractivity contribution >= 4 is 0 Å². The Morgan fingerprint density at radius 3 is 2.11 bits per heavy atom. The number of nitrogens with two attached hydrogens (primary N) is 1. The predicted molar refractivity (Wildman–Crippen MR) is 38.2 cm³/mol. The third-order valence-electron chi connectivity index (χ3n) is 1.10. The molecular weight excluding hydrogens is 116 g/mol. The molecule has 3 heteroatoms. The first-order valence-electron chi connectivity index (χ1n) is 3.05. The van der Waals surface area contributed by atoms with Gasteiger partial charge in [0.2, 0.25) is 0 Å². The van der Waals surface area contributed by atoms with Crippen LogP contribution in [0, 0.1) is 0 Å². The summed E-state index contributed by atoms with van der Waals surface area (Å²) in [6, 6.07) is 0. The van der Waals surface area contributed by atoms with Crippen LogP contribution in [-0.2, 0) is 0 Å². The minimum Gasteiger partial charge on any atom is -0.388 e. The topological polar surface area (TPSA) is 49.5 Å². The van der Waals surface area contributed by atoms with Gasteiger partial charge in [-0.05, 0) is 21.0 Å². The lowest BCUT2D eigenvalue weighted by molar-refractivity contribution is 0.0420. The molecule has 3 N–H and O–H groups in total. The van der Waals surface area contributed by atoms with Gasteiger partial charge in [0.1, 0.15) is 0 Å². The SMILES string of the molecule is CN(C)C[C@@](C)(O)CN. The van der Waals surface area contributed by atoms with Crippen molar-refractivity contribution in [3.8, 4) is 0 Å². The van der Waals surface area contributed by atoms with Gasteiger partial charge in [-0.15, -0.1) is 0 Å². The third-order valence-corrected chi connectivity index (χ3v) is 1.10. The molecule has 0 amide bonds. The van der Waals surface area contributed by atoms with Gasteiger partial charge in [0.25, 0.3) is 0 Å². The molecule has 9 heavy (non-hydrogen) atoms. The molecule has 0 saturated carbocycles. The number of nitrogens with zero attached hydrogens (tertiary/aromatic N) is 1. The number of likely N-dealkylation sites (N-methyl/N-ethyl adjacent to an activating group) is 1. The molecule has 0 aliphatic rings. The molecule has 0 fully saturated rings. The Hall–Kier alpha value is -0.120. The maximum Gasteiger partial charge on any atom is 0.0867 e. The van der Waals surface area contributed by atoms with Crippen LogP contribution in [0.1, 0.15) is 6.92 Å². The van der Waals surface area contributed by atoms with Crippen LogP contribution in [0.2, 0.25) is 0 Å². The Balaban J connectivity index is 3.58. The van der Waals surface area contributed by atoms with Gasteiger partial charge in [0.05, 0.1) is 5.60 Å². The smallest absolute Gasteiger partial charge is 0.0867 e. The summed E-state index contributed by atoms with van der Waals surface area (Å²) in [7, 11) is 3.81. The highest BCUT2D eigenvalue weighted by molar-refractivity contribution is 4.75. The summed E-state index contributed by atoms with van der Waals surface area (Å²) in [5.74, 6) is 0. The van der Waals surface area contributed by atoms with Gasteiger partial charge < -0.3 is 15.7 Å². The van der Waals surface area contributed by atoms with Crippen LogP contribution in [-0.4, -0.2) is 42.8 Å². The largest absolute Gasteiger partial charge is 0.388 e. The zero-order chi connectivity index (χ0) is 7.49. The predicted octanol–water partition coefficient (Wildman–Crippen LogP) is -0.742. The fourth-order valence-corrected chi connectivity index (χ4v) is 0.746. The van der Waals surface area contributed by atoms with Crippen molar-refractivity contribution in [2.24, 2.45) is 5.73 Å². The Kier molecular flexibility index (Phi) is 3.11. The molecule has 0 aromatic heterocycles. The molecular formula is C6H16N2O. The average Bonchev–Trinajstić information content (AvgIpc) is 1.63. The zero-order valence-electron chi connectivity index (χ0n) is 6.39. The molecule has 3 nitrogen and oxygen atoms in total. The van der Waals surface area contributed by atoms with Crippen LogP contribution in [0.3, 0.4) is 0 Å². The van der Waals surface area contributed by atoms with Crippen molar-refractivity contribution < 1.29 is 5.11 Å². The second-order valence-electron chi connectivity index (χ2n) is 2.94. The molecule has 0 saturated heterocycles. The summed E-state index contributed by atoms with van der Waals surface area (Å²) in [6.07, 6.45) is 0. The fourth-order valence-electron chi connectivity index (χ4n) is 0.746. The van der Waals surface area contributed by atoms with E-state index in [2.05, 4.69) is 0 Å². The van der Waals surface area contributed by atoms with Crippen LogP contribution in [0.25, 0.3) is 0 Å². The van der Waals surface area contributed by atoms with E-state index in [9.17, 15) is 5.11 Å². The molecule has 0 aliphatic carbocycles. The van der Waals surface area contributed by atoms with Crippen LogP contribution in [0.4, 0.5) is 0 Å². The number of hydrogen-bond donors (Lipinski definition) is 2.